The molecule has 0 radical (unpaired) electrons. The number of amides is 3. The summed E-state index contributed by atoms with van der Waals surface area (Å²) in [5, 5.41) is 12.1. The Morgan fingerprint density at radius 3 is 2.47 bits per heavy atom. The summed E-state index contributed by atoms with van der Waals surface area (Å²) in [6.45, 7) is -0.0580. The topological polar surface area (TPSA) is 190 Å². The molecule has 11 heteroatoms. The molecule has 34 heavy (non-hydrogen) atoms. The van der Waals surface area contributed by atoms with Gasteiger partial charge in [0.15, 0.2) is 5.96 Å². The molecule has 3 amide bonds. The van der Waals surface area contributed by atoms with Crippen molar-refractivity contribution in [2.24, 2.45) is 22.2 Å². The summed E-state index contributed by atoms with van der Waals surface area (Å²) in [4.78, 5) is 47.5. The van der Waals surface area contributed by atoms with Crippen molar-refractivity contribution < 1.29 is 19.5 Å². The minimum absolute atomic E-state index is 0.0781. The largest absolute Gasteiger partial charge is 0.508 e. The normalized spacial score (nSPS) is 11.9. The number of nitrogens with zero attached hydrogens (tertiary/aromatic N) is 3. The molecule has 0 aliphatic rings. The Bertz CT molecular complexity index is 1050. The van der Waals surface area contributed by atoms with Crippen molar-refractivity contribution in [3.63, 3.8) is 0 Å². The molecule has 0 spiro atoms. The number of phenolic OH excluding ortho intramolecular Hbond substituents is 1. The predicted molar refractivity (Wildman–Crippen MR) is 129 cm³/mol. The number of pyridine rings is 1. The minimum atomic E-state index is -1.00. The molecule has 1 aromatic heterocycles. The van der Waals surface area contributed by atoms with Crippen LogP contribution in [0.1, 0.15) is 24.1 Å². The van der Waals surface area contributed by atoms with E-state index in [1.807, 2.05) is 0 Å². The highest BCUT2D eigenvalue weighted by molar-refractivity contribution is 6.27. The van der Waals surface area contributed by atoms with Crippen LogP contribution < -0.4 is 22.5 Å². The number of phenols is 1. The van der Waals surface area contributed by atoms with Crippen LogP contribution in [0.15, 0.2) is 53.7 Å². The molecule has 0 aliphatic carbocycles. The monoisotopic (exact) mass is 467 g/mol. The summed E-state index contributed by atoms with van der Waals surface area (Å²) in [7, 11) is 1.33. The Balaban J connectivity index is 2.32. The van der Waals surface area contributed by atoms with Gasteiger partial charge < -0.3 is 27.6 Å². The van der Waals surface area contributed by atoms with Crippen molar-refractivity contribution in [3.05, 3.63) is 59.9 Å². The zero-order valence-electron chi connectivity index (χ0n) is 18.8. The highest BCUT2D eigenvalue weighted by Gasteiger charge is 2.29. The van der Waals surface area contributed by atoms with Crippen LogP contribution in [-0.4, -0.2) is 64.9 Å². The van der Waals surface area contributed by atoms with Crippen LogP contribution in [0.2, 0.25) is 0 Å². The second kappa shape index (κ2) is 12.7. The number of imide groups is 1. The first-order valence-electron chi connectivity index (χ1n) is 10.5. The zero-order chi connectivity index (χ0) is 25.1. The lowest BCUT2D eigenvalue weighted by molar-refractivity contribution is -0.142. The Labute approximate surface area is 197 Å². The van der Waals surface area contributed by atoms with Gasteiger partial charge in [-0.25, -0.2) is 0 Å². The molecule has 180 valence electrons. The van der Waals surface area contributed by atoms with Gasteiger partial charge in [0, 0.05) is 19.8 Å². The lowest BCUT2D eigenvalue weighted by Crippen LogP contribution is -2.50. The third-order valence-corrected chi connectivity index (χ3v) is 4.77. The lowest BCUT2D eigenvalue weighted by atomic mass is 10.0. The van der Waals surface area contributed by atoms with E-state index in [1.54, 1.807) is 36.4 Å². The van der Waals surface area contributed by atoms with Gasteiger partial charge in [-0.2, -0.15) is 0 Å². The van der Waals surface area contributed by atoms with E-state index in [0.29, 0.717) is 17.7 Å². The number of rotatable bonds is 10. The molecule has 2 aromatic rings. The van der Waals surface area contributed by atoms with Crippen LogP contribution in [0.3, 0.4) is 0 Å². The number of aliphatic imine (C=N–C) groups is 1. The molecular formula is C23H29N7O4. The van der Waals surface area contributed by atoms with Crippen molar-refractivity contribution in [2.75, 3.05) is 20.1 Å². The van der Waals surface area contributed by atoms with Gasteiger partial charge in [-0.1, -0.05) is 18.2 Å². The second-order valence-electron chi connectivity index (χ2n) is 7.34. The maximum absolute atomic E-state index is 13.4. The van der Waals surface area contributed by atoms with E-state index in [0.717, 1.165) is 4.90 Å². The van der Waals surface area contributed by atoms with Crippen LogP contribution in [0, 0.1) is 0 Å². The van der Waals surface area contributed by atoms with Crippen molar-refractivity contribution >= 4 is 35.3 Å². The number of benzene rings is 1. The van der Waals surface area contributed by atoms with Crippen LogP contribution in [0.4, 0.5) is 0 Å². The van der Waals surface area contributed by atoms with Gasteiger partial charge in [-0.3, -0.25) is 29.3 Å². The first-order chi connectivity index (χ1) is 16.2. The molecule has 0 saturated carbocycles. The van der Waals surface area contributed by atoms with E-state index in [9.17, 15) is 19.5 Å². The minimum Gasteiger partial charge on any atom is -0.508 e. The number of nitrogens with one attached hydrogen (secondary N) is 1. The maximum atomic E-state index is 13.4. The number of carbonyl (C=O) groups excluding carboxylic acids is 3. The van der Waals surface area contributed by atoms with Gasteiger partial charge in [0.2, 0.25) is 5.91 Å². The summed E-state index contributed by atoms with van der Waals surface area (Å²) in [6.07, 6.45) is 3.68. The van der Waals surface area contributed by atoms with Crippen molar-refractivity contribution in [3.8, 4) is 5.75 Å². The fourth-order valence-corrected chi connectivity index (χ4v) is 3.03. The summed E-state index contributed by atoms with van der Waals surface area (Å²) >= 11 is 0. The van der Waals surface area contributed by atoms with Gasteiger partial charge in [0.05, 0.1) is 17.8 Å². The van der Waals surface area contributed by atoms with Crippen LogP contribution >= 0.6 is 0 Å². The maximum Gasteiger partial charge on any atom is 0.262 e. The molecule has 1 heterocycles. The fraction of sp³-hybridized carbons (Fsp3) is 0.261. The first kappa shape index (κ1) is 26.0. The van der Waals surface area contributed by atoms with E-state index in [4.69, 9.17) is 17.2 Å². The molecular weight excluding hydrogens is 438 g/mol. The molecule has 0 fully saturated rings. The summed E-state index contributed by atoms with van der Waals surface area (Å²) in [6, 6.07) is 10.3. The number of hydrogen-bond acceptors (Lipinski definition) is 7. The third kappa shape index (κ3) is 7.71. The molecule has 11 nitrogen and oxygen atoms in total. The van der Waals surface area contributed by atoms with Crippen molar-refractivity contribution in [1.82, 2.24) is 15.2 Å². The van der Waals surface area contributed by atoms with Gasteiger partial charge >= 0.3 is 0 Å². The molecule has 0 bridgehead atoms. The van der Waals surface area contributed by atoms with Crippen molar-refractivity contribution in [1.29, 1.82) is 0 Å². The van der Waals surface area contributed by atoms with Gasteiger partial charge in [0.25, 0.3) is 11.8 Å². The Morgan fingerprint density at radius 1 is 1.18 bits per heavy atom. The Hall–Kier alpha value is -4.25. The molecule has 2 rings (SSSR count). The number of guanidine groups is 1. The average molecular weight is 468 g/mol. The standard InChI is InChI=1S/C23H29N7O4/c1-30(22(34)19(29-20(32)14-24)6-4-12-28-23(25)26)21(33)17(18-5-2-3-11-27-18)13-15-7-9-16(31)10-8-15/h2-3,5,7-11,13,19,31H,4,6,12,14,24H2,1H3,(H,29,32)(H4,25,26,28)/t19-/m0/s1. The Morgan fingerprint density at radius 2 is 1.88 bits per heavy atom. The molecule has 1 atom stereocenters. The summed E-state index contributed by atoms with van der Waals surface area (Å²) in [5.41, 5.74) is 17.1. The number of aromatic nitrogens is 1. The van der Waals surface area contributed by atoms with Gasteiger partial charge in [-0.05, 0) is 48.7 Å². The number of likely N-dealkylation sites (N-methyl/N-ethyl adjacent to an activating group) is 1. The van der Waals surface area contributed by atoms with E-state index < -0.39 is 23.8 Å². The van der Waals surface area contributed by atoms with Gasteiger partial charge in [-0.15, -0.1) is 0 Å². The summed E-state index contributed by atoms with van der Waals surface area (Å²) < 4.78 is 0. The first-order valence-corrected chi connectivity index (χ1v) is 10.5. The molecule has 0 saturated heterocycles. The number of nitrogens with two attached hydrogens (primary N) is 3. The highest BCUT2D eigenvalue weighted by Crippen LogP contribution is 2.21. The molecule has 1 aromatic carbocycles. The smallest absolute Gasteiger partial charge is 0.262 e. The SMILES string of the molecule is CN(C(=O)C(=Cc1ccc(O)cc1)c1ccccn1)C(=O)[C@H](CCCN=C(N)N)NC(=O)CN. The van der Waals surface area contributed by atoms with Crippen molar-refractivity contribution in [2.45, 2.75) is 18.9 Å². The number of aromatic hydroxyl groups is 1. The van der Waals surface area contributed by atoms with E-state index in [2.05, 4.69) is 15.3 Å². The molecule has 0 unspecified atom stereocenters. The van der Waals surface area contributed by atoms with Gasteiger partial charge in [0.1, 0.15) is 11.8 Å². The Kier molecular flexibility index (Phi) is 9.72. The average Bonchev–Trinajstić information content (AvgIpc) is 2.84. The van der Waals surface area contributed by atoms with Crippen LogP contribution in [0.25, 0.3) is 11.6 Å². The van der Waals surface area contributed by atoms with Crippen LogP contribution in [-0.2, 0) is 14.4 Å². The molecule has 8 N–H and O–H groups in total. The van der Waals surface area contributed by atoms with E-state index in [1.165, 1.54) is 25.4 Å². The van der Waals surface area contributed by atoms with Crippen LogP contribution in [0.5, 0.6) is 5.75 Å². The number of hydrogen-bond donors (Lipinski definition) is 5. The number of carbonyl (C=O) groups is 3. The highest BCUT2D eigenvalue weighted by atomic mass is 16.3. The second-order valence-corrected chi connectivity index (χ2v) is 7.34. The molecule has 0 aliphatic heterocycles. The summed E-state index contributed by atoms with van der Waals surface area (Å²) in [5.74, 6) is -1.78. The van der Waals surface area contributed by atoms with E-state index >= 15 is 0 Å². The fourth-order valence-electron chi connectivity index (χ4n) is 3.03. The quantitative estimate of drug-likeness (QED) is 0.137. The zero-order valence-corrected chi connectivity index (χ0v) is 18.8. The third-order valence-electron chi connectivity index (χ3n) is 4.77. The van der Waals surface area contributed by atoms with E-state index in [-0.39, 0.29) is 36.8 Å². The lowest BCUT2D eigenvalue weighted by Gasteiger charge is -2.24. The predicted octanol–water partition coefficient (Wildman–Crippen LogP) is -0.190.